The lowest BCUT2D eigenvalue weighted by Gasteiger charge is -2.14. The molecule has 49 heavy (non-hydrogen) atoms. The van der Waals surface area contributed by atoms with Gasteiger partial charge >= 0.3 is 0 Å². The van der Waals surface area contributed by atoms with Crippen LogP contribution in [0.3, 0.4) is 0 Å². The van der Waals surface area contributed by atoms with Gasteiger partial charge in [-0.2, -0.15) is 0 Å². The van der Waals surface area contributed by atoms with Crippen molar-refractivity contribution < 1.29 is 0 Å². The molecule has 0 atom stereocenters. The minimum atomic E-state index is 1.16. The monoisotopic (exact) mass is 624 g/mol. The molecule has 0 spiro atoms. The normalized spacial score (nSPS) is 11.8. The van der Waals surface area contributed by atoms with Gasteiger partial charge in [0.05, 0.1) is 22.1 Å². The summed E-state index contributed by atoms with van der Waals surface area (Å²) in [5.74, 6) is 0. The van der Waals surface area contributed by atoms with Crippen LogP contribution in [0.4, 0.5) is 0 Å². The van der Waals surface area contributed by atoms with Gasteiger partial charge in [0.15, 0.2) is 0 Å². The number of nitrogens with zero attached hydrogens (tertiary/aromatic N) is 2. The number of hydrogen-bond donors (Lipinski definition) is 0. The molecule has 230 valence electrons. The summed E-state index contributed by atoms with van der Waals surface area (Å²) in [6.45, 7) is 2.17. The number of benzene rings is 8. The van der Waals surface area contributed by atoms with Gasteiger partial charge in [0, 0.05) is 43.7 Å². The van der Waals surface area contributed by atoms with Crippen molar-refractivity contribution in [3.8, 4) is 33.6 Å². The topological polar surface area (TPSA) is 9.86 Å². The lowest BCUT2D eigenvalue weighted by atomic mass is 9.99. The fourth-order valence-corrected chi connectivity index (χ4v) is 8.01. The van der Waals surface area contributed by atoms with E-state index in [9.17, 15) is 0 Å². The molecule has 10 aromatic rings. The van der Waals surface area contributed by atoms with Crippen LogP contribution in [0.25, 0.3) is 88.0 Å². The van der Waals surface area contributed by atoms with Crippen LogP contribution < -0.4 is 0 Å². The van der Waals surface area contributed by atoms with E-state index in [-0.39, 0.29) is 0 Å². The van der Waals surface area contributed by atoms with E-state index in [0.29, 0.717) is 0 Å². The van der Waals surface area contributed by atoms with Crippen LogP contribution in [-0.2, 0) is 0 Å². The molecule has 0 unspecified atom stereocenters. The van der Waals surface area contributed by atoms with Gasteiger partial charge in [-0.3, -0.25) is 0 Å². The van der Waals surface area contributed by atoms with Gasteiger partial charge in [0.1, 0.15) is 0 Å². The van der Waals surface area contributed by atoms with Crippen molar-refractivity contribution in [3.63, 3.8) is 0 Å². The second kappa shape index (κ2) is 10.8. The Morgan fingerprint density at radius 1 is 0.327 bits per heavy atom. The van der Waals surface area contributed by atoms with E-state index in [0.717, 1.165) is 5.69 Å². The van der Waals surface area contributed by atoms with Crippen LogP contribution >= 0.6 is 0 Å². The highest BCUT2D eigenvalue weighted by Gasteiger charge is 2.24. The van der Waals surface area contributed by atoms with E-state index in [4.69, 9.17) is 0 Å². The number of rotatable bonds is 4. The zero-order valence-electron chi connectivity index (χ0n) is 27.1. The van der Waals surface area contributed by atoms with E-state index in [1.807, 2.05) is 0 Å². The summed E-state index contributed by atoms with van der Waals surface area (Å²) in [4.78, 5) is 0. The molecule has 2 aromatic heterocycles. The predicted octanol–water partition coefficient (Wildman–Crippen LogP) is 12.7. The van der Waals surface area contributed by atoms with E-state index in [2.05, 4.69) is 192 Å². The molecule has 0 aliphatic carbocycles. The third kappa shape index (κ3) is 4.21. The van der Waals surface area contributed by atoms with Crippen LogP contribution in [0.15, 0.2) is 176 Å². The Bertz CT molecular complexity index is 2870. The Balaban J connectivity index is 1.30. The minimum Gasteiger partial charge on any atom is -0.309 e. The smallest absolute Gasteiger partial charge is 0.0627 e. The summed E-state index contributed by atoms with van der Waals surface area (Å²) >= 11 is 0. The molecular formula is C47H32N2. The van der Waals surface area contributed by atoms with Crippen molar-refractivity contribution in [1.82, 2.24) is 9.13 Å². The lowest BCUT2D eigenvalue weighted by Crippen LogP contribution is -1.97. The average Bonchev–Trinajstić information content (AvgIpc) is 3.69. The van der Waals surface area contributed by atoms with Crippen molar-refractivity contribution in [3.05, 3.63) is 181 Å². The highest BCUT2D eigenvalue weighted by molar-refractivity contribution is 6.37. The first kappa shape index (κ1) is 27.7. The van der Waals surface area contributed by atoms with E-state index >= 15 is 0 Å². The summed E-state index contributed by atoms with van der Waals surface area (Å²) in [5.41, 5.74) is 13.4. The number of hydrogen-bond acceptors (Lipinski definition) is 0. The Labute approximate surface area is 284 Å². The Morgan fingerprint density at radius 2 is 0.755 bits per heavy atom. The summed E-state index contributed by atoms with van der Waals surface area (Å²) in [5, 5.41) is 7.62. The number of fused-ring (bicyclic) bond motifs is 10. The summed E-state index contributed by atoms with van der Waals surface area (Å²) in [7, 11) is 0. The maximum atomic E-state index is 2.49. The third-order valence-electron chi connectivity index (χ3n) is 10.1. The SMILES string of the molecule is Cc1cccc(-n2c3ccccc3c3c4c5ccccc5n(-c5cccc(-c6ccc(-c7ccccc7)cc6)c5)c4c4ccccc4c32)c1. The zero-order valence-corrected chi connectivity index (χ0v) is 27.1. The quantitative estimate of drug-likeness (QED) is 0.184. The van der Waals surface area contributed by atoms with Crippen LogP contribution in [0.1, 0.15) is 5.56 Å². The zero-order chi connectivity index (χ0) is 32.5. The molecule has 2 nitrogen and oxygen atoms in total. The summed E-state index contributed by atoms with van der Waals surface area (Å²) in [6, 6.07) is 64.2. The number of aryl methyl sites for hydroxylation is 1. The van der Waals surface area contributed by atoms with Crippen LogP contribution in [0.5, 0.6) is 0 Å². The van der Waals surface area contributed by atoms with Gasteiger partial charge in [0.2, 0.25) is 0 Å². The average molecular weight is 625 g/mol. The molecule has 0 aliphatic rings. The van der Waals surface area contributed by atoms with Crippen molar-refractivity contribution in [1.29, 1.82) is 0 Å². The molecule has 8 aromatic carbocycles. The van der Waals surface area contributed by atoms with Crippen molar-refractivity contribution in [2.75, 3.05) is 0 Å². The fraction of sp³-hybridized carbons (Fsp3) is 0.0213. The van der Waals surface area contributed by atoms with Crippen LogP contribution in [0, 0.1) is 6.92 Å². The highest BCUT2D eigenvalue weighted by atomic mass is 15.0. The van der Waals surface area contributed by atoms with Gasteiger partial charge in [-0.1, -0.05) is 140 Å². The second-order valence-electron chi connectivity index (χ2n) is 13.0. The van der Waals surface area contributed by atoms with Crippen molar-refractivity contribution >= 4 is 54.4 Å². The van der Waals surface area contributed by atoms with Gasteiger partial charge in [-0.25, -0.2) is 0 Å². The predicted molar refractivity (Wildman–Crippen MR) is 208 cm³/mol. The molecule has 2 heterocycles. The van der Waals surface area contributed by atoms with Gasteiger partial charge in [-0.15, -0.1) is 0 Å². The maximum Gasteiger partial charge on any atom is 0.0627 e. The minimum absolute atomic E-state index is 1.16. The molecule has 0 radical (unpaired) electrons. The largest absolute Gasteiger partial charge is 0.309 e. The summed E-state index contributed by atoms with van der Waals surface area (Å²) < 4.78 is 4.97. The fourth-order valence-electron chi connectivity index (χ4n) is 8.01. The van der Waals surface area contributed by atoms with E-state index in [1.165, 1.54) is 87.9 Å². The molecule has 0 fully saturated rings. The Morgan fingerprint density at radius 3 is 1.33 bits per heavy atom. The Kier molecular flexibility index (Phi) is 6.13. The standard InChI is InChI=1S/C47H32N2/c1-31-13-11-17-36(29-31)48-42-23-9-7-21-40(42)44-45-41-22-8-10-24-43(41)49(47(45)39-20-6-5-19-38(39)46(44)48)37-18-12-16-35(30-37)34-27-25-33(26-28-34)32-14-3-2-4-15-32/h2-30H,1H3. The molecule has 0 saturated carbocycles. The van der Waals surface area contributed by atoms with Crippen molar-refractivity contribution in [2.45, 2.75) is 6.92 Å². The second-order valence-corrected chi connectivity index (χ2v) is 13.0. The van der Waals surface area contributed by atoms with E-state index in [1.54, 1.807) is 0 Å². The summed E-state index contributed by atoms with van der Waals surface area (Å²) in [6.07, 6.45) is 0. The number of para-hydroxylation sites is 2. The first-order valence-corrected chi connectivity index (χ1v) is 16.9. The van der Waals surface area contributed by atoms with Gasteiger partial charge in [0.25, 0.3) is 0 Å². The van der Waals surface area contributed by atoms with E-state index < -0.39 is 0 Å². The molecular weight excluding hydrogens is 593 g/mol. The van der Waals surface area contributed by atoms with Crippen LogP contribution in [0.2, 0.25) is 0 Å². The first-order valence-electron chi connectivity index (χ1n) is 16.9. The van der Waals surface area contributed by atoms with Crippen molar-refractivity contribution in [2.24, 2.45) is 0 Å². The van der Waals surface area contributed by atoms with Crippen LogP contribution in [-0.4, -0.2) is 9.13 Å². The number of aromatic nitrogens is 2. The molecule has 2 heteroatoms. The molecule has 0 saturated heterocycles. The first-order chi connectivity index (χ1) is 24.2. The molecule has 0 bridgehead atoms. The molecule has 0 amide bonds. The highest BCUT2D eigenvalue weighted by Crippen LogP contribution is 2.47. The maximum absolute atomic E-state index is 2.49. The molecule has 0 aliphatic heterocycles. The lowest BCUT2D eigenvalue weighted by molar-refractivity contribution is 1.17. The molecule has 0 N–H and O–H groups in total. The van der Waals surface area contributed by atoms with Gasteiger partial charge in [-0.05, 0) is 71.1 Å². The Hall–Kier alpha value is -6.38. The third-order valence-corrected chi connectivity index (χ3v) is 10.1. The molecule has 10 rings (SSSR count). The van der Waals surface area contributed by atoms with Gasteiger partial charge < -0.3 is 9.13 Å².